The summed E-state index contributed by atoms with van der Waals surface area (Å²) in [5.74, 6) is 1.27. The number of para-hydroxylation sites is 1. The van der Waals surface area contributed by atoms with Gasteiger partial charge < -0.3 is 20.3 Å². The van der Waals surface area contributed by atoms with Crippen molar-refractivity contribution >= 4 is 0 Å². The van der Waals surface area contributed by atoms with Crippen LogP contribution >= 0.6 is 0 Å². The van der Waals surface area contributed by atoms with Crippen molar-refractivity contribution in [3.63, 3.8) is 0 Å². The van der Waals surface area contributed by atoms with Crippen molar-refractivity contribution in [2.45, 2.75) is 82.5 Å². The summed E-state index contributed by atoms with van der Waals surface area (Å²) in [5, 5.41) is 24.0. The lowest BCUT2D eigenvalue weighted by Gasteiger charge is -2.18. The molecule has 0 radical (unpaired) electrons. The van der Waals surface area contributed by atoms with Crippen molar-refractivity contribution in [3.05, 3.63) is 41.5 Å². The molecule has 1 aromatic rings. The third-order valence-corrected chi connectivity index (χ3v) is 6.27. The number of ether oxygens (including phenoxy) is 1. The maximum absolute atomic E-state index is 10.6. The van der Waals surface area contributed by atoms with E-state index in [0.717, 1.165) is 57.2 Å². The Labute approximate surface area is 170 Å². The molecule has 4 heteroatoms. The summed E-state index contributed by atoms with van der Waals surface area (Å²) in [4.78, 5) is 0. The normalized spacial score (nSPS) is 27.0. The molecular weight excluding hydrogens is 350 g/mol. The molecule has 3 rings (SSSR count). The van der Waals surface area contributed by atoms with Gasteiger partial charge in [0.05, 0.1) is 12.2 Å². The second kappa shape index (κ2) is 10.4. The molecule has 1 aliphatic heterocycles. The quantitative estimate of drug-likeness (QED) is 0.397. The highest BCUT2D eigenvalue weighted by molar-refractivity contribution is 5.49. The zero-order chi connectivity index (χ0) is 19.9. The molecule has 0 bridgehead atoms. The van der Waals surface area contributed by atoms with Crippen molar-refractivity contribution in [1.82, 2.24) is 5.32 Å². The van der Waals surface area contributed by atoms with Crippen molar-refractivity contribution < 1.29 is 14.9 Å². The second-order valence-corrected chi connectivity index (χ2v) is 8.41. The van der Waals surface area contributed by atoms with Crippen LogP contribution in [-0.2, 0) is 6.42 Å². The van der Waals surface area contributed by atoms with Crippen LogP contribution in [0, 0.1) is 5.92 Å². The monoisotopic (exact) mass is 387 g/mol. The highest BCUT2D eigenvalue weighted by atomic mass is 16.5. The van der Waals surface area contributed by atoms with Gasteiger partial charge in [-0.2, -0.15) is 0 Å². The first-order valence-corrected chi connectivity index (χ1v) is 11.1. The summed E-state index contributed by atoms with van der Waals surface area (Å²) in [6.07, 6.45) is 11.3. The molecule has 1 aromatic carbocycles. The Balaban J connectivity index is 1.68. The van der Waals surface area contributed by atoms with E-state index < -0.39 is 12.2 Å². The zero-order valence-corrected chi connectivity index (χ0v) is 17.4. The average molecular weight is 388 g/mol. The molecule has 1 saturated carbocycles. The van der Waals surface area contributed by atoms with Crippen LogP contribution in [0.4, 0.5) is 0 Å². The summed E-state index contributed by atoms with van der Waals surface area (Å²) >= 11 is 0. The van der Waals surface area contributed by atoms with E-state index in [1.165, 1.54) is 11.1 Å². The molecule has 28 heavy (non-hydrogen) atoms. The fourth-order valence-corrected chi connectivity index (χ4v) is 4.74. The first-order chi connectivity index (χ1) is 13.7. The maximum atomic E-state index is 10.6. The first kappa shape index (κ1) is 21.4. The SMILES string of the molecule is CCCCC[C@H](O)C=C[C@@H]1[C@H]2c3cccc(CCCCNC)c3O[C@H]2C[C@H]1O. The van der Waals surface area contributed by atoms with Gasteiger partial charge in [-0.1, -0.05) is 56.5 Å². The molecule has 1 heterocycles. The Morgan fingerprint density at radius 2 is 2.11 bits per heavy atom. The second-order valence-electron chi connectivity index (χ2n) is 8.41. The van der Waals surface area contributed by atoms with Gasteiger partial charge in [0.25, 0.3) is 0 Å². The fourth-order valence-electron chi connectivity index (χ4n) is 4.74. The number of aliphatic hydroxyl groups is 2. The summed E-state index contributed by atoms with van der Waals surface area (Å²) in [6, 6.07) is 6.47. The summed E-state index contributed by atoms with van der Waals surface area (Å²) in [6.45, 7) is 3.21. The van der Waals surface area contributed by atoms with Crippen molar-refractivity contribution in [2.24, 2.45) is 5.92 Å². The number of nitrogens with one attached hydrogen (secondary N) is 1. The van der Waals surface area contributed by atoms with E-state index in [4.69, 9.17) is 4.74 Å². The molecule has 1 fully saturated rings. The highest BCUT2D eigenvalue weighted by Crippen LogP contribution is 2.52. The molecule has 156 valence electrons. The Hall–Kier alpha value is -1.36. The Kier molecular flexibility index (Phi) is 7.95. The largest absolute Gasteiger partial charge is 0.489 e. The maximum Gasteiger partial charge on any atom is 0.126 e. The molecule has 4 nitrogen and oxygen atoms in total. The van der Waals surface area contributed by atoms with Crippen LogP contribution < -0.4 is 10.1 Å². The van der Waals surface area contributed by atoms with Gasteiger partial charge in [0.1, 0.15) is 11.9 Å². The molecule has 3 N–H and O–H groups in total. The third-order valence-electron chi connectivity index (χ3n) is 6.27. The van der Waals surface area contributed by atoms with Gasteiger partial charge in [-0.3, -0.25) is 0 Å². The fraction of sp³-hybridized carbons (Fsp3) is 0.667. The highest BCUT2D eigenvalue weighted by Gasteiger charge is 2.48. The topological polar surface area (TPSA) is 61.7 Å². The molecule has 0 saturated heterocycles. The van der Waals surface area contributed by atoms with E-state index in [0.29, 0.717) is 6.42 Å². The molecule has 1 aliphatic carbocycles. The van der Waals surface area contributed by atoms with Crippen molar-refractivity contribution in [2.75, 3.05) is 13.6 Å². The van der Waals surface area contributed by atoms with E-state index in [9.17, 15) is 10.2 Å². The van der Waals surface area contributed by atoms with Gasteiger partial charge in [0, 0.05) is 23.8 Å². The van der Waals surface area contributed by atoms with E-state index in [1.54, 1.807) is 0 Å². The van der Waals surface area contributed by atoms with Gasteiger partial charge in [-0.25, -0.2) is 0 Å². The van der Waals surface area contributed by atoms with Gasteiger partial charge in [-0.05, 0) is 44.8 Å². The summed E-state index contributed by atoms with van der Waals surface area (Å²) in [7, 11) is 1.99. The molecule has 0 amide bonds. The minimum absolute atomic E-state index is 0.0200. The lowest BCUT2D eigenvalue weighted by atomic mass is 9.86. The number of hydrogen-bond acceptors (Lipinski definition) is 4. The molecule has 2 aliphatic rings. The van der Waals surface area contributed by atoms with E-state index in [-0.39, 0.29) is 17.9 Å². The number of unbranched alkanes of at least 4 members (excludes halogenated alkanes) is 3. The molecular formula is C24H37NO3. The van der Waals surface area contributed by atoms with Crippen LogP contribution in [0.3, 0.4) is 0 Å². The number of rotatable bonds is 11. The lowest BCUT2D eigenvalue weighted by molar-refractivity contribution is 0.135. The molecule has 0 aromatic heterocycles. The zero-order valence-electron chi connectivity index (χ0n) is 17.4. The van der Waals surface area contributed by atoms with Crippen molar-refractivity contribution in [1.29, 1.82) is 0 Å². The van der Waals surface area contributed by atoms with Crippen LogP contribution in [0.15, 0.2) is 30.4 Å². The van der Waals surface area contributed by atoms with Crippen molar-refractivity contribution in [3.8, 4) is 5.75 Å². The molecule has 0 spiro atoms. The van der Waals surface area contributed by atoms with Gasteiger partial charge in [-0.15, -0.1) is 0 Å². The Bertz CT molecular complexity index is 645. The van der Waals surface area contributed by atoms with E-state index in [1.807, 2.05) is 19.2 Å². The lowest BCUT2D eigenvalue weighted by Crippen LogP contribution is -2.17. The van der Waals surface area contributed by atoms with Gasteiger partial charge >= 0.3 is 0 Å². The summed E-state index contributed by atoms with van der Waals surface area (Å²) < 4.78 is 6.33. The molecule has 5 atom stereocenters. The Morgan fingerprint density at radius 3 is 2.89 bits per heavy atom. The predicted octanol–water partition coefficient (Wildman–Crippen LogP) is 3.95. The van der Waals surface area contributed by atoms with Crippen LogP contribution in [0.1, 0.15) is 68.9 Å². The predicted molar refractivity (Wildman–Crippen MR) is 114 cm³/mol. The third kappa shape index (κ3) is 4.97. The number of fused-ring (bicyclic) bond motifs is 3. The van der Waals surface area contributed by atoms with Crippen LogP contribution in [0.25, 0.3) is 0 Å². The van der Waals surface area contributed by atoms with Crippen LogP contribution in [0.5, 0.6) is 5.75 Å². The molecule has 0 unspecified atom stereocenters. The average Bonchev–Trinajstić information content (AvgIpc) is 3.19. The standard InChI is InChI=1S/C24H37NO3/c1-3-4-5-11-18(26)13-14-19-21(27)16-22-23(19)20-12-8-10-17(24(20)28-22)9-6-7-15-25-2/h8,10,12-14,18-19,21-23,25-27H,3-7,9,11,15-16H2,1-2H3/t18-,19-,21+,22-,23-/m0/s1. The number of hydrogen-bond donors (Lipinski definition) is 3. The smallest absolute Gasteiger partial charge is 0.126 e. The number of benzene rings is 1. The minimum Gasteiger partial charge on any atom is -0.489 e. The van der Waals surface area contributed by atoms with Gasteiger partial charge in [0.15, 0.2) is 0 Å². The van der Waals surface area contributed by atoms with Gasteiger partial charge in [0.2, 0.25) is 0 Å². The van der Waals surface area contributed by atoms with E-state index in [2.05, 4.69) is 30.4 Å². The first-order valence-electron chi connectivity index (χ1n) is 11.1. The number of aryl methyl sites for hydroxylation is 1. The Morgan fingerprint density at radius 1 is 1.25 bits per heavy atom. The summed E-state index contributed by atoms with van der Waals surface area (Å²) in [5.41, 5.74) is 2.53. The van der Waals surface area contributed by atoms with Crippen LogP contribution in [-0.4, -0.2) is 42.1 Å². The van der Waals surface area contributed by atoms with Crippen LogP contribution in [0.2, 0.25) is 0 Å². The minimum atomic E-state index is -0.418. The van der Waals surface area contributed by atoms with E-state index >= 15 is 0 Å². The number of aliphatic hydroxyl groups excluding tert-OH is 2.